The molecule has 1 N–H and O–H groups in total. The van der Waals surface area contributed by atoms with E-state index in [-0.39, 0.29) is 24.8 Å². The predicted molar refractivity (Wildman–Crippen MR) is 119 cm³/mol. The summed E-state index contributed by atoms with van der Waals surface area (Å²) in [5, 5.41) is 10.2. The number of phenols is 1. The van der Waals surface area contributed by atoms with Crippen LogP contribution in [0.3, 0.4) is 0 Å². The molecular weight excluding hydrogens is 561 g/mol. The fourth-order valence-electron chi connectivity index (χ4n) is 2.89. The molecule has 0 bridgehead atoms. The molecule has 23 heavy (non-hydrogen) atoms. The Labute approximate surface area is 179 Å². The highest BCUT2D eigenvalue weighted by molar-refractivity contribution is 14.1. The van der Waals surface area contributed by atoms with Crippen molar-refractivity contribution in [3.63, 3.8) is 0 Å². The highest BCUT2D eigenvalue weighted by atomic mass is 127. The maximum absolute atomic E-state index is 10.2. The number of benzene rings is 1. The smallest absolute Gasteiger partial charge is 0.133 e. The Hall–Kier alpha value is 0.980. The van der Waals surface area contributed by atoms with Gasteiger partial charge in [0.15, 0.2) is 0 Å². The zero-order valence-corrected chi connectivity index (χ0v) is 19.7. The van der Waals surface area contributed by atoms with Crippen LogP contribution in [0.4, 0.5) is 0 Å². The summed E-state index contributed by atoms with van der Waals surface area (Å²) < 4.78 is 2.14. The lowest BCUT2D eigenvalue weighted by Crippen LogP contribution is -2.45. The Morgan fingerprint density at radius 2 is 1.78 bits per heavy atom. The van der Waals surface area contributed by atoms with Crippen LogP contribution in [0.2, 0.25) is 0 Å². The first-order chi connectivity index (χ1) is 9.88. The van der Waals surface area contributed by atoms with Crippen LogP contribution >= 0.6 is 70.0 Å². The molecule has 0 radical (unpaired) electrons. The van der Waals surface area contributed by atoms with Crippen molar-refractivity contribution in [3.05, 3.63) is 24.8 Å². The van der Waals surface area contributed by atoms with E-state index in [0.717, 1.165) is 28.8 Å². The molecule has 0 aromatic heterocycles. The summed E-state index contributed by atoms with van der Waals surface area (Å²) >= 11 is 4.53. The van der Waals surface area contributed by atoms with Crippen LogP contribution < -0.4 is 0 Å². The van der Waals surface area contributed by atoms with E-state index in [2.05, 4.69) is 81.9 Å². The summed E-state index contributed by atoms with van der Waals surface area (Å²) in [5.41, 5.74) is 1.06. The Balaban J connectivity index is 0.00000242. The molecule has 1 heterocycles. The first kappa shape index (κ1) is 24.0. The molecule has 0 atom stereocenters. The number of aromatic hydroxyl groups is 1. The summed E-state index contributed by atoms with van der Waals surface area (Å²) in [4.78, 5) is 4.95. The van der Waals surface area contributed by atoms with Gasteiger partial charge in [0, 0.05) is 27.8 Å². The molecular formula is C16H26Cl2I2N2O. The van der Waals surface area contributed by atoms with E-state index in [4.69, 9.17) is 0 Å². The third-order valence-corrected chi connectivity index (χ3v) is 5.89. The Kier molecular flexibility index (Phi) is 11.3. The minimum absolute atomic E-state index is 0. The molecule has 0 aliphatic carbocycles. The highest BCUT2D eigenvalue weighted by Crippen LogP contribution is 2.29. The maximum atomic E-state index is 10.2. The molecule has 1 aromatic rings. The van der Waals surface area contributed by atoms with Crippen molar-refractivity contribution in [2.45, 2.75) is 45.3 Å². The Bertz CT molecular complexity index is 495. The number of hydrogen-bond acceptors (Lipinski definition) is 3. The van der Waals surface area contributed by atoms with Crippen LogP contribution in [0.5, 0.6) is 5.75 Å². The van der Waals surface area contributed by atoms with E-state index in [1.54, 1.807) is 0 Å². The molecule has 1 aromatic carbocycles. The van der Waals surface area contributed by atoms with Gasteiger partial charge in [-0.2, -0.15) is 0 Å². The average Bonchev–Trinajstić information content (AvgIpc) is 2.44. The second-order valence-electron chi connectivity index (χ2n) is 6.16. The van der Waals surface area contributed by atoms with Crippen LogP contribution in [0, 0.1) is 7.14 Å². The van der Waals surface area contributed by atoms with Crippen molar-refractivity contribution in [2.75, 3.05) is 20.1 Å². The van der Waals surface area contributed by atoms with Gasteiger partial charge in [-0.15, -0.1) is 24.8 Å². The van der Waals surface area contributed by atoms with Gasteiger partial charge in [-0.3, -0.25) is 4.90 Å². The van der Waals surface area contributed by atoms with Gasteiger partial charge < -0.3 is 10.0 Å². The van der Waals surface area contributed by atoms with Crippen molar-refractivity contribution < 1.29 is 5.11 Å². The summed E-state index contributed by atoms with van der Waals surface area (Å²) in [6.45, 7) is 7.61. The van der Waals surface area contributed by atoms with E-state index in [0.29, 0.717) is 17.8 Å². The number of phenolic OH excluding ortho intramolecular Hbond substituents is 1. The van der Waals surface area contributed by atoms with Crippen LogP contribution in [-0.2, 0) is 6.54 Å². The molecule has 7 heteroatoms. The summed E-state index contributed by atoms with van der Waals surface area (Å²) in [6.07, 6.45) is 2.44. The first-order valence-electron chi connectivity index (χ1n) is 7.49. The van der Waals surface area contributed by atoms with Crippen LogP contribution in [-0.4, -0.2) is 47.1 Å². The van der Waals surface area contributed by atoms with Gasteiger partial charge in [0.2, 0.25) is 0 Å². The summed E-state index contributed by atoms with van der Waals surface area (Å²) in [5.74, 6) is 0.456. The lowest BCUT2D eigenvalue weighted by atomic mass is 10.0. The van der Waals surface area contributed by atoms with E-state index < -0.39 is 0 Å². The van der Waals surface area contributed by atoms with E-state index in [1.807, 2.05) is 6.07 Å². The third-order valence-electron chi connectivity index (χ3n) is 4.45. The number of likely N-dealkylation sites (tertiary alicyclic amines) is 1. The zero-order chi connectivity index (χ0) is 15.6. The lowest BCUT2D eigenvalue weighted by molar-refractivity contribution is 0.103. The van der Waals surface area contributed by atoms with Gasteiger partial charge in [0.1, 0.15) is 5.75 Å². The van der Waals surface area contributed by atoms with Gasteiger partial charge in [0.05, 0.1) is 3.57 Å². The molecule has 1 aliphatic heterocycles. The molecule has 1 saturated heterocycles. The number of halogens is 4. The molecule has 1 fully saturated rings. The van der Waals surface area contributed by atoms with Crippen molar-refractivity contribution in [1.82, 2.24) is 9.80 Å². The van der Waals surface area contributed by atoms with Crippen LogP contribution in [0.1, 0.15) is 32.3 Å². The number of rotatable bonds is 4. The number of piperidine rings is 1. The molecule has 0 amide bonds. The summed E-state index contributed by atoms with van der Waals surface area (Å²) in [6, 6.07) is 5.43. The highest BCUT2D eigenvalue weighted by Gasteiger charge is 2.24. The molecule has 3 nitrogen and oxygen atoms in total. The van der Waals surface area contributed by atoms with Crippen molar-refractivity contribution >= 4 is 70.0 Å². The standard InChI is InChI=1S/C16H24I2N2O.2ClH/c1-11(2)19(3)14-4-6-20(7-5-14)10-12-8-13(17)9-15(18)16(12)21;;/h8-9,11,14,21H,4-7,10H2,1-3H3;2*1H. The van der Waals surface area contributed by atoms with E-state index in [9.17, 15) is 5.11 Å². The van der Waals surface area contributed by atoms with Crippen LogP contribution in [0.25, 0.3) is 0 Å². The molecule has 0 unspecified atom stereocenters. The van der Waals surface area contributed by atoms with Gasteiger partial charge in [-0.05, 0) is 104 Å². The van der Waals surface area contributed by atoms with Crippen LogP contribution in [0.15, 0.2) is 12.1 Å². The predicted octanol–water partition coefficient (Wildman–Crippen LogP) is 4.75. The molecule has 0 saturated carbocycles. The average molecular weight is 587 g/mol. The van der Waals surface area contributed by atoms with Gasteiger partial charge >= 0.3 is 0 Å². The largest absolute Gasteiger partial charge is 0.507 e. The maximum Gasteiger partial charge on any atom is 0.133 e. The van der Waals surface area contributed by atoms with Crippen molar-refractivity contribution in [1.29, 1.82) is 0 Å². The van der Waals surface area contributed by atoms with Gasteiger partial charge in [-0.1, -0.05) is 0 Å². The molecule has 0 spiro atoms. The minimum Gasteiger partial charge on any atom is -0.507 e. The minimum atomic E-state index is 0. The van der Waals surface area contributed by atoms with E-state index >= 15 is 0 Å². The summed E-state index contributed by atoms with van der Waals surface area (Å²) in [7, 11) is 2.23. The van der Waals surface area contributed by atoms with Gasteiger partial charge in [0.25, 0.3) is 0 Å². The second kappa shape index (κ2) is 10.9. The molecule has 2 rings (SSSR count). The topological polar surface area (TPSA) is 26.7 Å². The second-order valence-corrected chi connectivity index (χ2v) is 8.57. The third kappa shape index (κ3) is 6.66. The number of hydrogen-bond donors (Lipinski definition) is 1. The fraction of sp³-hybridized carbons (Fsp3) is 0.625. The van der Waals surface area contributed by atoms with E-state index in [1.165, 1.54) is 16.4 Å². The fourth-order valence-corrected chi connectivity index (χ4v) is 4.85. The SMILES string of the molecule is CC(C)N(C)C1CCN(Cc2cc(I)cc(I)c2O)CC1.Cl.Cl. The Morgan fingerprint density at radius 3 is 2.30 bits per heavy atom. The lowest BCUT2D eigenvalue weighted by Gasteiger charge is -2.38. The number of nitrogens with zero attached hydrogens (tertiary/aromatic N) is 2. The van der Waals surface area contributed by atoms with Crippen molar-refractivity contribution in [3.8, 4) is 5.75 Å². The normalized spacial score (nSPS) is 16.3. The van der Waals surface area contributed by atoms with Crippen molar-refractivity contribution in [2.24, 2.45) is 0 Å². The zero-order valence-electron chi connectivity index (χ0n) is 13.8. The Morgan fingerprint density at radius 1 is 1.22 bits per heavy atom. The monoisotopic (exact) mass is 586 g/mol. The quantitative estimate of drug-likeness (QED) is 0.516. The first-order valence-corrected chi connectivity index (χ1v) is 9.65. The van der Waals surface area contributed by atoms with Gasteiger partial charge in [-0.25, -0.2) is 0 Å². The molecule has 1 aliphatic rings. The molecule has 134 valence electrons.